The van der Waals surface area contributed by atoms with Gasteiger partial charge in [-0.1, -0.05) is 6.07 Å². The first kappa shape index (κ1) is 17.8. The van der Waals surface area contributed by atoms with Crippen molar-refractivity contribution in [2.45, 2.75) is 30.4 Å². The van der Waals surface area contributed by atoms with Crippen molar-refractivity contribution in [2.75, 3.05) is 19.4 Å². The molecule has 1 aromatic heterocycles. The molecule has 2 atom stereocenters. The molecular weight excluding hydrogens is 308 g/mol. The summed E-state index contributed by atoms with van der Waals surface area (Å²) < 4.78 is 5.61. The molecule has 124 valence electrons. The summed E-state index contributed by atoms with van der Waals surface area (Å²) in [6.07, 6.45) is 6.03. The molecule has 0 saturated carbocycles. The van der Waals surface area contributed by atoms with E-state index >= 15 is 0 Å². The number of nitrogens with one attached hydrogen (secondary N) is 1. The molecule has 1 heterocycles. The molecule has 4 nitrogen and oxygen atoms in total. The highest BCUT2D eigenvalue weighted by molar-refractivity contribution is 7.98. The number of aliphatic hydroxyl groups is 1. The van der Waals surface area contributed by atoms with E-state index in [-0.39, 0.29) is 12.6 Å². The highest BCUT2D eigenvalue weighted by Gasteiger charge is 2.09. The van der Waals surface area contributed by atoms with E-state index in [9.17, 15) is 5.11 Å². The topological polar surface area (TPSA) is 54.4 Å². The Morgan fingerprint density at radius 3 is 2.70 bits per heavy atom. The average molecular weight is 332 g/mol. The highest BCUT2D eigenvalue weighted by atomic mass is 32.2. The van der Waals surface area contributed by atoms with Crippen LogP contribution in [-0.2, 0) is 6.42 Å². The summed E-state index contributed by atoms with van der Waals surface area (Å²) in [6.45, 7) is 2.89. The Bertz CT molecular complexity index is 563. The third-order valence-electron chi connectivity index (χ3n) is 3.47. The molecule has 0 aliphatic rings. The third kappa shape index (κ3) is 6.60. The maximum Gasteiger partial charge on any atom is 0.119 e. The van der Waals surface area contributed by atoms with Crippen LogP contribution in [-0.4, -0.2) is 41.6 Å². The first-order chi connectivity index (χ1) is 11.2. The fourth-order valence-electron chi connectivity index (χ4n) is 2.21. The quantitative estimate of drug-likeness (QED) is 0.692. The van der Waals surface area contributed by atoms with Crippen LogP contribution in [0.15, 0.2) is 53.7 Å². The fourth-order valence-corrected chi connectivity index (χ4v) is 2.61. The van der Waals surface area contributed by atoms with Crippen LogP contribution in [0.25, 0.3) is 0 Å². The van der Waals surface area contributed by atoms with Crippen LogP contribution in [0, 0.1) is 0 Å². The molecule has 0 bridgehead atoms. The summed E-state index contributed by atoms with van der Waals surface area (Å²) in [7, 11) is 0. The summed E-state index contributed by atoms with van der Waals surface area (Å²) >= 11 is 1.69. The van der Waals surface area contributed by atoms with E-state index in [1.165, 1.54) is 10.5 Å². The summed E-state index contributed by atoms with van der Waals surface area (Å²) in [5.41, 5.74) is 1.19. The Hall–Kier alpha value is -1.56. The second-order valence-corrected chi connectivity index (χ2v) is 6.39. The maximum atomic E-state index is 10.0. The SMILES string of the molecule is CSc1ccc(OCC(O)CNC(C)Cc2cccnc2)cc1. The number of hydrogen-bond acceptors (Lipinski definition) is 5. The zero-order valence-electron chi connectivity index (χ0n) is 13.6. The minimum Gasteiger partial charge on any atom is -0.491 e. The van der Waals surface area contributed by atoms with Crippen molar-refractivity contribution in [2.24, 2.45) is 0 Å². The van der Waals surface area contributed by atoms with Gasteiger partial charge in [0.15, 0.2) is 0 Å². The molecule has 0 fully saturated rings. The number of hydrogen-bond donors (Lipinski definition) is 2. The largest absolute Gasteiger partial charge is 0.491 e. The van der Waals surface area contributed by atoms with Crippen molar-refractivity contribution in [3.05, 3.63) is 54.4 Å². The van der Waals surface area contributed by atoms with Gasteiger partial charge in [0.2, 0.25) is 0 Å². The second-order valence-electron chi connectivity index (χ2n) is 5.52. The molecule has 2 N–H and O–H groups in total. The summed E-state index contributed by atoms with van der Waals surface area (Å²) in [5, 5.41) is 13.3. The van der Waals surface area contributed by atoms with E-state index in [1.54, 1.807) is 18.0 Å². The van der Waals surface area contributed by atoms with Crippen molar-refractivity contribution >= 4 is 11.8 Å². The zero-order chi connectivity index (χ0) is 16.5. The van der Waals surface area contributed by atoms with Gasteiger partial charge in [-0.15, -0.1) is 11.8 Å². The van der Waals surface area contributed by atoms with E-state index < -0.39 is 6.10 Å². The number of nitrogens with zero attached hydrogens (tertiary/aromatic N) is 1. The number of pyridine rings is 1. The Morgan fingerprint density at radius 2 is 2.04 bits per heavy atom. The normalized spacial score (nSPS) is 13.5. The first-order valence-corrected chi connectivity index (χ1v) is 8.97. The van der Waals surface area contributed by atoms with Gasteiger partial charge in [0.25, 0.3) is 0 Å². The zero-order valence-corrected chi connectivity index (χ0v) is 14.4. The van der Waals surface area contributed by atoms with Gasteiger partial charge in [-0.2, -0.15) is 0 Å². The van der Waals surface area contributed by atoms with Gasteiger partial charge in [-0.25, -0.2) is 0 Å². The van der Waals surface area contributed by atoms with E-state index in [1.807, 2.05) is 42.8 Å². The highest BCUT2D eigenvalue weighted by Crippen LogP contribution is 2.18. The van der Waals surface area contributed by atoms with E-state index in [0.717, 1.165) is 12.2 Å². The van der Waals surface area contributed by atoms with E-state index in [4.69, 9.17) is 4.74 Å². The molecule has 1 aromatic carbocycles. The Labute approximate surface area is 142 Å². The predicted octanol–water partition coefficient (Wildman–Crippen LogP) is 2.76. The van der Waals surface area contributed by atoms with Crippen molar-refractivity contribution in [1.29, 1.82) is 0 Å². The molecule has 2 unspecified atom stereocenters. The second kappa shape index (κ2) is 9.55. The van der Waals surface area contributed by atoms with Crippen molar-refractivity contribution in [1.82, 2.24) is 10.3 Å². The molecule has 0 saturated heterocycles. The average Bonchev–Trinajstić information content (AvgIpc) is 2.59. The summed E-state index contributed by atoms with van der Waals surface area (Å²) in [4.78, 5) is 5.31. The van der Waals surface area contributed by atoms with Gasteiger partial charge in [0.05, 0.1) is 0 Å². The minimum atomic E-state index is -0.536. The van der Waals surface area contributed by atoms with Crippen molar-refractivity contribution in [3.63, 3.8) is 0 Å². The smallest absolute Gasteiger partial charge is 0.119 e. The van der Waals surface area contributed by atoms with Gasteiger partial charge in [-0.3, -0.25) is 4.98 Å². The number of benzene rings is 1. The Morgan fingerprint density at radius 1 is 1.26 bits per heavy atom. The van der Waals surface area contributed by atoms with Gasteiger partial charge in [0, 0.05) is 29.9 Å². The van der Waals surface area contributed by atoms with Gasteiger partial charge < -0.3 is 15.2 Å². The van der Waals surface area contributed by atoms with Crippen LogP contribution < -0.4 is 10.1 Å². The standard InChI is InChI=1S/C18H24N2O2S/c1-14(10-15-4-3-9-19-11-15)20-12-16(21)13-22-17-5-7-18(23-2)8-6-17/h3-9,11,14,16,20-21H,10,12-13H2,1-2H3. The van der Waals surface area contributed by atoms with E-state index in [2.05, 4.69) is 23.3 Å². The van der Waals surface area contributed by atoms with Crippen LogP contribution in [0.2, 0.25) is 0 Å². The molecular formula is C18H24N2O2S. The summed E-state index contributed by atoms with van der Waals surface area (Å²) in [5.74, 6) is 0.783. The maximum absolute atomic E-state index is 10.0. The lowest BCUT2D eigenvalue weighted by Crippen LogP contribution is -2.37. The first-order valence-electron chi connectivity index (χ1n) is 7.74. The molecule has 0 amide bonds. The molecule has 0 aliphatic carbocycles. The van der Waals surface area contributed by atoms with Crippen LogP contribution in [0.1, 0.15) is 12.5 Å². The minimum absolute atomic E-state index is 0.273. The molecule has 5 heteroatoms. The fraction of sp³-hybridized carbons (Fsp3) is 0.389. The Balaban J connectivity index is 1.66. The third-order valence-corrected chi connectivity index (χ3v) is 4.21. The molecule has 23 heavy (non-hydrogen) atoms. The van der Waals surface area contributed by atoms with Crippen LogP contribution in [0.4, 0.5) is 0 Å². The van der Waals surface area contributed by atoms with Crippen LogP contribution >= 0.6 is 11.8 Å². The number of aliphatic hydroxyl groups excluding tert-OH is 1. The molecule has 0 aliphatic heterocycles. The number of ether oxygens (including phenoxy) is 1. The molecule has 0 radical (unpaired) electrons. The van der Waals surface area contributed by atoms with Gasteiger partial charge in [0.1, 0.15) is 18.5 Å². The van der Waals surface area contributed by atoms with Crippen LogP contribution in [0.3, 0.4) is 0 Å². The lowest BCUT2D eigenvalue weighted by atomic mass is 10.1. The number of rotatable bonds is 9. The lowest BCUT2D eigenvalue weighted by molar-refractivity contribution is 0.104. The molecule has 0 spiro atoms. The van der Waals surface area contributed by atoms with E-state index in [0.29, 0.717) is 6.54 Å². The molecule has 2 rings (SSSR count). The monoisotopic (exact) mass is 332 g/mol. The number of aromatic nitrogens is 1. The van der Waals surface area contributed by atoms with Crippen molar-refractivity contribution in [3.8, 4) is 5.75 Å². The van der Waals surface area contributed by atoms with Gasteiger partial charge >= 0.3 is 0 Å². The van der Waals surface area contributed by atoms with Crippen molar-refractivity contribution < 1.29 is 9.84 Å². The van der Waals surface area contributed by atoms with Crippen LogP contribution in [0.5, 0.6) is 5.75 Å². The van der Waals surface area contributed by atoms with Gasteiger partial charge in [-0.05, 0) is 55.5 Å². The molecule has 2 aromatic rings. The predicted molar refractivity (Wildman–Crippen MR) is 95.1 cm³/mol. The lowest BCUT2D eigenvalue weighted by Gasteiger charge is -2.17. The summed E-state index contributed by atoms with van der Waals surface area (Å²) in [6, 6.07) is 12.2. The Kier molecular flexibility index (Phi) is 7.39. The number of thioether (sulfide) groups is 1.